The maximum atomic E-state index is 10.1. The zero-order valence-corrected chi connectivity index (χ0v) is 10.7. The van der Waals surface area contributed by atoms with Crippen LogP contribution in [0, 0.1) is 0 Å². The molecule has 0 bridgehead atoms. The second-order valence-electron chi connectivity index (χ2n) is 5.89. The van der Waals surface area contributed by atoms with E-state index in [9.17, 15) is 10.2 Å². The summed E-state index contributed by atoms with van der Waals surface area (Å²) in [4.78, 5) is 0. The Labute approximate surface area is 102 Å². The Hall–Kier alpha value is -1.06. The summed E-state index contributed by atoms with van der Waals surface area (Å²) in [6.07, 6.45) is 0.854. The van der Waals surface area contributed by atoms with Gasteiger partial charge in [0.15, 0.2) is 0 Å². The number of aliphatic hydroxyl groups is 1. The summed E-state index contributed by atoms with van der Waals surface area (Å²) in [6, 6.07) is 5.63. The number of nitrogens with one attached hydrogen (secondary N) is 1. The average Bonchev–Trinajstić information content (AvgIpc) is 2.19. The molecule has 3 N–H and O–H groups in total. The predicted octanol–water partition coefficient (Wildman–Crippen LogP) is 1.61. The van der Waals surface area contributed by atoms with Crippen molar-refractivity contribution in [2.24, 2.45) is 0 Å². The van der Waals surface area contributed by atoms with Crippen LogP contribution in [0.5, 0.6) is 5.75 Å². The van der Waals surface area contributed by atoms with E-state index in [2.05, 4.69) is 26.1 Å². The maximum absolute atomic E-state index is 10.1. The van der Waals surface area contributed by atoms with E-state index in [1.165, 1.54) is 0 Å². The maximum Gasteiger partial charge on any atom is 0.119 e. The molecule has 1 aliphatic carbocycles. The molecule has 3 nitrogen and oxygen atoms in total. The lowest BCUT2D eigenvalue weighted by atomic mass is 9.84. The number of phenols is 1. The molecular formula is C14H21NO2. The number of aromatic hydroxyl groups is 1. The third kappa shape index (κ3) is 2.79. The molecule has 3 heteroatoms. The highest BCUT2D eigenvalue weighted by atomic mass is 16.3. The lowest BCUT2D eigenvalue weighted by Crippen LogP contribution is -2.52. The van der Waals surface area contributed by atoms with Crippen molar-refractivity contribution < 1.29 is 10.2 Å². The van der Waals surface area contributed by atoms with E-state index < -0.39 is 6.10 Å². The van der Waals surface area contributed by atoms with Crippen LogP contribution in [-0.4, -0.2) is 27.9 Å². The lowest BCUT2D eigenvalue weighted by molar-refractivity contribution is 0.104. The first kappa shape index (κ1) is 12.4. The molecule has 0 heterocycles. The van der Waals surface area contributed by atoms with Crippen LogP contribution < -0.4 is 5.32 Å². The Balaban J connectivity index is 2.21. The van der Waals surface area contributed by atoms with Crippen LogP contribution in [0.1, 0.15) is 31.9 Å². The molecule has 94 valence electrons. The van der Waals surface area contributed by atoms with E-state index in [0.29, 0.717) is 12.2 Å². The number of fused-ring (bicyclic) bond motifs is 1. The number of rotatable bonds is 1. The van der Waals surface area contributed by atoms with Gasteiger partial charge in [-0.15, -0.1) is 0 Å². The van der Waals surface area contributed by atoms with Crippen LogP contribution >= 0.6 is 0 Å². The van der Waals surface area contributed by atoms with Gasteiger partial charge >= 0.3 is 0 Å². The van der Waals surface area contributed by atoms with E-state index in [4.69, 9.17) is 0 Å². The van der Waals surface area contributed by atoms with Crippen molar-refractivity contribution in [3.05, 3.63) is 29.3 Å². The quantitative estimate of drug-likeness (QED) is 0.693. The Morgan fingerprint density at radius 3 is 2.59 bits per heavy atom. The van der Waals surface area contributed by atoms with E-state index in [1.54, 1.807) is 6.07 Å². The fourth-order valence-electron chi connectivity index (χ4n) is 2.48. The lowest BCUT2D eigenvalue weighted by Gasteiger charge is -2.35. The van der Waals surface area contributed by atoms with Crippen LogP contribution in [0.15, 0.2) is 18.2 Å². The van der Waals surface area contributed by atoms with Gasteiger partial charge in [-0.3, -0.25) is 0 Å². The summed E-state index contributed by atoms with van der Waals surface area (Å²) in [5, 5.41) is 23.3. The Morgan fingerprint density at radius 2 is 1.94 bits per heavy atom. The fourth-order valence-corrected chi connectivity index (χ4v) is 2.48. The van der Waals surface area contributed by atoms with E-state index in [0.717, 1.165) is 17.5 Å². The molecule has 2 unspecified atom stereocenters. The predicted molar refractivity (Wildman–Crippen MR) is 68.2 cm³/mol. The fraction of sp³-hybridized carbons (Fsp3) is 0.571. The number of hydrogen-bond donors (Lipinski definition) is 3. The minimum atomic E-state index is -0.435. The van der Waals surface area contributed by atoms with Crippen LogP contribution in [0.25, 0.3) is 0 Å². The van der Waals surface area contributed by atoms with Gasteiger partial charge in [-0.05, 0) is 44.4 Å². The highest BCUT2D eigenvalue weighted by Crippen LogP contribution is 2.29. The standard InChI is InChI=1S/C14H21NO2/c1-14(2,3)15-11-7-9-5-4-6-12(16)10(9)8-13(11)17/h4-6,11,13,15-17H,7-8H2,1-3H3. The second-order valence-corrected chi connectivity index (χ2v) is 5.89. The summed E-state index contributed by atoms with van der Waals surface area (Å²) in [6.45, 7) is 6.28. The van der Waals surface area contributed by atoms with E-state index >= 15 is 0 Å². The smallest absolute Gasteiger partial charge is 0.119 e. The van der Waals surface area contributed by atoms with Crippen molar-refractivity contribution in [3.8, 4) is 5.75 Å². The summed E-state index contributed by atoms with van der Waals surface area (Å²) in [5.41, 5.74) is 2.02. The van der Waals surface area contributed by atoms with Crippen LogP contribution in [0.4, 0.5) is 0 Å². The normalized spacial score (nSPS) is 24.5. The minimum Gasteiger partial charge on any atom is -0.508 e. The zero-order chi connectivity index (χ0) is 12.6. The molecule has 0 aromatic heterocycles. The Kier molecular flexibility index (Phi) is 3.15. The van der Waals surface area contributed by atoms with Gasteiger partial charge in [-0.1, -0.05) is 12.1 Å². The van der Waals surface area contributed by atoms with Gasteiger partial charge in [0, 0.05) is 18.0 Å². The topological polar surface area (TPSA) is 52.5 Å². The van der Waals surface area contributed by atoms with Crippen molar-refractivity contribution in [1.82, 2.24) is 5.32 Å². The molecule has 0 fully saturated rings. The molecule has 17 heavy (non-hydrogen) atoms. The average molecular weight is 235 g/mol. The minimum absolute atomic E-state index is 0.0139. The molecule has 0 saturated carbocycles. The van der Waals surface area contributed by atoms with Gasteiger partial charge in [0.25, 0.3) is 0 Å². The number of benzene rings is 1. The highest BCUT2D eigenvalue weighted by molar-refractivity contribution is 5.42. The number of aliphatic hydroxyl groups excluding tert-OH is 1. The first-order valence-electron chi connectivity index (χ1n) is 6.12. The second kappa shape index (κ2) is 4.31. The van der Waals surface area contributed by atoms with Crippen molar-refractivity contribution in [3.63, 3.8) is 0 Å². The summed E-state index contributed by atoms with van der Waals surface area (Å²) < 4.78 is 0. The molecule has 2 rings (SSSR count). The summed E-state index contributed by atoms with van der Waals surface area (Å²) in [7, 11) is 0. The van der Waals surface area contributed by atoms with Crippen molar-refractivity contribution in [2.75, 3.05) is 0 Å². The zero-order valence-electron chi connectivity index (χ0n) is 10.7. The molecule has 0 radical (unpaired) electrons. The monoisotopic (exact) mass is 235 g/mol. The molecule has 0 aliphatic heterocycles. The Bertz CT molecular complexity index is 409. The summed E-state index contributed by atoms with van der Waals surface area (Å²) >= 11 is 0. The first-order chi connectivity index (χ1) is 7.87. The molecular weight excluding hydrogens is 214 g/mol. The van der Waals surface area contributed by atoms with Crippen molar-refractivity contribution in [2.45, 2.75) is 51.3 Å². The molecule has 1 aromatic carbocycles. The number of phenolic OH excluding ortho intramolecular Hbond substituents is 1. The Morgan fingerprint density at radius 1 is 1.24 bits per heavy atom. The van der Waals surface area contributed by atoms with E-state index in [-0.39, 0.29) is 11.6 Å². The SMILES string of the molecule is CC(C)(C)NC1Cc2cccc(O)c2CC1O. The van der Waals surface area contributed by atoms with E-state index in [1.807, 2.05) is 12.1 Å². The molecule has 2 atom stereocenters. The largest absolute Gasteiger partial charge is 0.508 e. The van der Waals surface area contributed by atoms with Gasteiger partial charge in [-0.25, -0.2) is 0 Å². The van der Waals surface area contributed by atoms with Gasteiger partial charge in [0.05, 0.1) is 6.10 Å². The van der Waals surface area contributed by atoms with Crippen LogP contribution in [0.3, 0.4) is 0 Å². The first-order valence-corrected chi connectivity index (χ1v) is 6.12. The van der Waals surface area contributed by atoms with Crippen LogP contribution in [-0.2, 0) is 12.8 Å². The molecule has 0 amide bonds. The van der Waals surface area contributed by atoms with Gasteiger partial charge in [-0.2, -0.15) is 0 Å². The van der Waals surface area contributed by atoms with Gasteiger partial charge in [0.1, 0.15) is 5.75 Å². The third-order valence-electron chi connectivity index (χ3n) is 3.18. The molecule has 0 saturated heterocycles. The van der Waals surface area contributed by atoms with Gasteiger partial charge < -0.3 is 15.5 Å². The molecule has 1 aromatic rings. The molecule has 0 spiro atoms. The third-order valence-corrected chi connectivity index (χ3v) is 3.18. The van der Waals surface area contributed by atoms with Crippen molar-refractivity contribution in [1.29, 1.82) is 0 Å². The van der Waals surface area contributed by atoms with Crippen LogP contribution in [0.2, 0.25) is 0 Å². The van der Waals surface area contributed by atoms with Crippen molar-refractivity contribution >= 4 is 0 Å². The van der Waals surface area contributed by atoms with Gasteiger partial charge in [0.2, 0.25) is 0 Å². The number of hydrogen-bond acceptors (Lipinski definition) is 3. The summed E-state index contributed by atoms with van der Waals surface area (Å²) in [5.74, 6) is 0.302. The highest BCUT2D eigenvalue weighted by Gasteiger charge is 2.30. The molecule has 1 aliphatic rings.